The van der Waals surface area contributed by atoms with E-state index in [0.29, 0.717) is 13.2 Å². The SMILES string of the molecule is CCOc1cccc(CNC(=O)NC(C)CC)c1. The van der Waals surface area contributed by atoms with Gasteiger partial charge in [-0.15, -0.1) is 0 Å². The number of urea groups is 1. The lowest BCUT2D eigenvalue weighted by Crippen LogP contribution is -2.40. The van der Waals surface area contributed by atoms with Crippen LogP contribution in [0.1, 0.15) is 32.8 Å². The van der Waals surface area contributed by atoms with Gasteiger partial charge in [-0.25, -0.2) is 4.79 Å². The van der Waals surface area contributed by atoms with Gasteiger partial charge in [0.1, 0.15) is 5.75 Å². The highest BCUT2D eigenvalue weighted by atomic mass is 16.5. The normalized spacial score (nSPS) is 11.7. The molecule has 18 heavy (non-hydrogen) atoms. The fourth-order valence-electron chi connectivity index (χ4n) is 1.47. The van der Waals surface area contributed by atoms with Gasteiger partial charge in [-0.2, -0.15) is 0 Å². The smallest absolute Gasteiger partial charge is 0.315 e. The van der Waals surface area contributed by atoms with E-state index in [2.05, 4.69) is 10.6 Å². The van der Waals surface area contributed by atoms with Crippen LogP contribution >= 0.6 is 0 Å². The van der Waals surface area contributed by atoms with Gasteiger partial charge in [0.15, 0.2) is 0 Å². The third-order valence-electron chi connectivity index (χ3n) is 2.65. The Hall–Kier alpha value is -1.71. The molecule has 0 saturated carbocycles. The molecular weight excluding hydrogens is 228 g/mol. The minimum absolute atomic E-state index is 0.133. The van der Waals surface area contributed by atoms with Crippen LogP contribution in [-0.2, 0) is 6.54 Å². The fourth-order valence-corrected chi connectivity index (χ4v) is 1.47. The number of carbonyl (C=O) groups is 1. The number of hydrogen-bond donors (Lipinski definition) is 2. The monoisotopic (exact) mass is 250 g/mol. The number of carbonyl (C=O) groups excluding carboxylic acids is 1. The number of nitrogens with one attached hydrogen (secondary N) is 2. The van der Waals surface area contributed by atoms with Crippen molar-refractivity contribution in [2.24, 2.45) is 0 Å². The lowest BCUT2D eigenvalue weighted by Gasteiger charge is -2.12. The molecule has 1 unspecified atom stereocenters. The Balaban J connectivity index is 2.43. The zero-order valence-corrected chi connectivity index (χ0v) is 11.3. The summed E-state index contributed by atoms with van der Waals surface area (Å²) >= 11 is 0. The fraction of sp³-hybridized carbons (Fsp3) is 0.500. The number of ether oxygens (including phenoxy) is 1. The molecule has 0 spiro atoms. The molecule has 1 rings (SSSR count). The highest BCUT2D eigenvalue weighted by Crippen LogP contribution is 2.12. The van der Waals surface area contributed by atoms with Crippen molar-refractivity contribution in [3.05, 3.63) is 29.8 Å². The van der Waals surface area contributed by atoms with Crippen LogP contribution in [-0.4, -0.2) is 18.7 Å². The van der Waals surface area contributed by atoms with Crippen LogP contribution in [0.5, 0.6) is 5.75 Å². The van der Waals surface area contributed by atoms with Gasteiger partial charge in [-0.1, -0.05) is 19.1 Å². The maximum Gasteiger partial charge on any atom is 0.315 e. The molecule has 2 N–H and O–H groups in total. The molecule has 0 aliphatic rings. The summed E-state index contributed by atoms with van der Waals surface area (Å²) in [6.45, 7) is 7.12. The molecule has 0 heterocycles. The molecule has 1 atom stereocenters. The average molecular weight is 250 g/mol. The van der Waals surface area contributed by atoms with Gasteiger partial charge in [0.05, 0.1) is 6.61 Å². The average Bonchev–Trinajstić information content (AvgIpc) is 2.37. The first-order valence-corrected chi connectivity index (χ1v) is 6.41. The first-order chi connectivity index (χ1) is 8.65. The van der Waals surface area contributed by atoms with Crippen molar-refractivity contribution in [2.75, 3.05) is 6.61 Å². The molecule has 0 radical (unpaired) electrons. The van der Waals surface area contributed by atoms with Crippen molar-refractivity contribution in [1.82, 2.24) is 10.6 Å². The number of benzene rings is 1. The molecule has 4 nitrogen and oxygen atoms in total. The maximum atomic E-state index is 11.5. The Kier molecular flexibility index (Phi) is 6.05. The summed E-state index contributed by atoms with van der Waals surface area (Å²) in [5, 5.41) is 5.69. The predicted molar refractivity (Wildman–Crippen MR) is 72.7 cm³/mol. The molecule has 2 amide bonds. The standard InChI is InChI=1S/C14H22N2O2/c1-4-11(3)16-14(17)15-10-12-7-6-8-13(9-12)18-5-2/h6-9,11H,4-5,10H2,1-3H3,(H2,15,16,17). The lowest BCUT2D eigenvalue weighted by molar-refractivity contribution is 0.237. The summed E-state index contributed by atoms with van der Waals surface area (Å²) in [5.41, 5.74) is 1.03. The molecule has 100 valence electrons. The van der Waals surface area contributed by atoms with E-state index in [-0.39, 0.29) is 12.1 Å². The maximum absolute atomic E-state index is 11.5. The molecule has 0 fully saturated rings. The molecule has 1 aromatic carbocycles. The van der Waals surface area contributed by atoms with E-state index in [1.54, 1.807) is 0 Å². The molecule has 1 aromatic rings. The third-order valence-corrected chi connectivity index (χ3v) is 2.65. The second-order valence-corrected chi connectivity index (χ2v) is 4.22. The van der Waals surface area contributed by atoms with Crippen LogP contribution in [0.25, 0.3) is 0 Å². The van der Waals surface area contributed by atoms with E-state index in [1.807, 2.05) is 45.0 Å². The summed E-state index contributed by atoms with van der Waals surface area (Å²) in [6.07, 6.45) is 0.924. The molecular formula is C14H22N2O2. The van der Waals surface area contributed by atoms with Gasteiger partial charge in [-0.3, -0.25) is 0 Å². The van der Waals surface area contributed by atoms with Crippen molar-refractivity contribution in [2.45, 2.75) is 39.8 Å². The van der Waals surface area contributed by atoms with Crippen LogP contribution in [0, 0.1) is 0 Å². The Morgan fingerprint density at radius 1 is 1.39 bits per heavy atom. The van der Waals surface area contributed by atoms with Crippen molar-refractivity contribution in [1.29, 1.82) is 0 Å². The summed E-state index contributed by atoms with van der Waals surface area (Å²) in [5.74, 6) is 0.833. The Morgan fingerprint density at radius 3 is 2.83 bits per heavy atom. The summed E-state index contributed by atoms with van der Waals surface area (Å²) in [6, 6.07) is 7.80. The first kappa shape index (κ1) is 14.4. The minimum Gasteiger partial charge on any atom is -0.494 e. The summed E-state index contributed by atoms with van der Waals surface area (Å²) < 4.78 is 5.41. The van der Waals surface area contributed by atoms with E-state index < -0.39 is 0 Å². The van der Waals surface area contributed by atoms with E-state index >= 15 is 0 Å². The largest absolute Gasteiger partial charge is 0.494 e. The second-order valence-electron chi connectivity index (χ2n) is 4.22. The minimum atomic E-state index is -0.133. The molecule has 0 aliphatic carbocycles. The van der Waals surface area contributed by atoms with Gasteiger partial charge in [0.2, 0.25) is 0 Å². The van der Waals surface area contributed by atoms with Gasteiger partial charge < -0.3 is 15.4 Å². The topological polar surface area (TPSA) is 50.4 Å². The van der Waals surface area contributed by atoms with Crippen LogP contribution in [0.2, 0.25) is 0 Å². The Morgan fingerprint density at radius 2 is 2.17 bits per heavy atom. The van der Waals surface area contributed by atoms with E-state index in [4.69, 9.17) is 4.74 Å². The van der Waals surface area contributed by atoms with E-state index in [9.17, 15) is 4.79 Å². The van der Waals surface area contributed by atoms with Crippen molar-refractivity contribution >= 4 is 6.03 Å². The quantitative estimate of drug-likeness (QED) is 0.815. The van der Waals surface area contributed by atoms with Gasteiger partial charge in [0.25, 0.3) is 0 Å². The highest BCUT2D eigenvalue weighted by molar-refractivity contribution is 5.74. The Bertz CT molecular complexity index is 380. The molecule has 0 bridgehead atoms. The van der Waals surface area contributed by atoms with Crippen LogP contribution in [0.3, 0.4) is 0 Å². The van der Waals surface area contributed by atoms with Crippen LogP contribution < -0.4 is 15.4 Å². The second kappa shape index (κ2) is 7.58. The molecule has 4 heteroatoms. The predicted octanol–water partition coefficient (Wildman–Crippen LogP) is 2.68. The van der Waals surface area contributed by atoms with Gasteiger partial charge >= 0.3 is 6.03 Å². The van der Waals surface area contributed by atoms with Crippen molar-refractivity contribution in [3.63, 3.8) is 0 Å². The lowest BCUT2D eigenvalue weighted by atomic mass is 10.2. The van der Waals surface area contributed by atoms with E-state index in [1.165, 1.54) is 0 Å². The number of hydrogen-bond acceptors (Lipinski definition) is 2. The van der Waals surface area contributed by atoms with Crippen LogP contribution in [0.15, 0.2) is 24.3 Å². The van der Waals surface area contributed by atoms with Crippen molar-refractivity contribution in [3.8, 4) is 5.75 Å². The van der Waals surface area contributed by atoms with Gasteiger partial charge in [-0.05, 0) is 38.0 Å². The van der Waals surface area contributed by atoms with Crippen molar-refractivity contribution < 1.29 is 9.53 Å². The van der Waals surface area contributed by atoms with E-state index in [0.717, 1.165) is 17.7 Å². The third kappa shape index (κ3) is 5.08. The summed E-state index contributed by atoms with van der Waals surface area (Å²) in [7, 11) is 0. The molecule has 0 aliphatic heterocycles. The zero-order valence-electron chi connectivity index (χ0n) is 11.3. The Labute approximate surface area is 109 Å². The molecule has 0 saturated heterocycles. The van der Waals surface area contributed by atoms with Crippen LogP contribution in [0.4, 0.5) is 4.79 Å². The first-order valence-electron chi connectivity index (χ1n) is 6.41. The highest BCUT2D eigenvalue weighted by Gasteiger charge is 2.04. The summed E-state index contributed by atoms with van der Waals surface area (Å²) in [4.78, 5) is 11.5. The molecule has 0 aromatic heterocycles. The number of amides is 2. The number of rotatable bonds is 6. The van der Waals surface area contributed by atoms with Gasteiger partial charge in [0, 0.05) is 12.6 Å². The zero-order chi connectivity index (χ0) is 13.4.